The Labute approximate surface area is 200 Å². The number of hydrogen-bond donors (Lipinski definition) is 4. The highest BCUT2D eigenvalue weighted by Gasteiger charge is 2.16. The molecule has 1 atom stereocenters. The summed E-state index contributed by atoms with van der Waals surface area (Å²) in [5.74, 6) is 0.231. The molecule has 4 heterocycles. The normalized spacial score (nSPS) is 15.1. The van der Waals surface area contributed by atoms with Crippen LogP contribution in [0.2, 0.25) is 0 Å². The first-order valence-corrected chi connectivity index (χ1v) is 11.1. The standard InChI is InChI=1S/C25H23FN8O/c1-2-22(35)32-16-8-10-28-20(11-16)23-19(26)5-3-15-12-30-25(34-24(15)23)33-17-4-6-21(29-14-17)31-18-7-9-27-13-18/h2-6,8,10-12,14,18,27H,1,7,9,13H2,(H,29,31)(H,28,32,35)(H,30,33,34)/t18-/m1/s1. The molecule has 0 unspecified atom stereocenters. The molecule has 1 saturated heterocycles. The average molecular weight is 471 g/mol. The maximum atomic E-state index is 15.0. The molecule has 1 aromatic carbocycles. The van der Waals surface area contributed by atoms with Crippen molar-refractivity contribution in [2.45, 2.75) is 12.5 Å². The minimum atomic E-state index is -0.486. The second kappa shape index (κ2) is 9.82. The van der Waals surface area contributed by atoms with Gasteiger partial charge in [-0.3, -0.25) is 9.78 Å². The van der Waals surface area contributed by atoms with Gasteiger partial charge in [-0.05, 0) is 55.4 Å². The van der Waals surface area contributed by atoms with Crippen molar-refractivity contribution in [2.24, 2.45) is 0 Å². The first-order chi connectivity index (χ1) is 17.1. The second-order valence-electron chi connectivity index (χ2n) is 8.07. The minimum Gasteiger partial charge on any atom is -0.366 e. The Hall–Kier alpha value is -4.44. The van der Waals surface area contributed by atoms with Crippen LogP contribution in [0.1, 0.15) is 6.42 Å². The van der Waals surface area contributed by atoms with Gasteiger partial charge in [0.2, 0.25) is 11.9 Å². The van der Waals surface area contributed by atoms with Crippen LogP contribution in [0.25, 0.3) is 22.2 Å². The van der Waals surface area contributed by atoms with Crippen LogP contribution in [-0.4, -0.2) is 45.0 Å². The quantitative estimate of drug-likeness (QED) is 0.301. The predicted octanol–water partition coefficient (Wildman–Crippen LogP) is 3.87. The summed E-state index contributed by atoms with van der Waals surface area (Å²) in [5, 5.41) is 13.1. The van der Waals surface area contributed by atoms with Crippen molar-refractivity contribution in [3.8, 4) is 11.3 Å². The van der Waals surface area contributed by atoms with E-state index in [0.717, 1.165) is 31.4 Å². The summed E-state index contributed by atoms with van der Waals surface area (Å²) in [7, 11) is 0. The lowest BCUT2D eigenvalue weighted by molar-refractivity contribution is -0.111. The van der Waals surface area contributed by atoms with Crippen LogP contribution in [0, 0.1) is 5.82 Å². The number of benzene rings is 1. The van der Waals surface area contributed by atoms with Crippen LogP contribution >= 0.6 is 0 Å². The molecule has 0 spiro atoms. The summed E-state index contributed by atoms with van der Waals surface area (Å²) in [4.78, 5) is 29.3. The van der Waals surface area contributed by atoms with E-state index >= 15 is 0 Å². The Morgan fingerprint density at radius 2 is 2.03 bits per heavy atom. The van der Waals surface area contributed by atoms with Gasteiger partial charge in [-0.15, -0.1) is 0 Å². The second-order valence-corrected chi connectivity index (χ2v) is 8.07. The van der Waals surface area contributed by atoms with Gasteiger partial charge in [0.25, 0.3) is 0 Å². The molecular formula is C25H23FN8O. The van der Waals surface area contributed by atoms with Crippen molar-refractivity contribution in [2.75, 3.05) is 29.0 Å². The Balaban J connectivity index is 1.43. The molecule has 5 rings (SSSR count). The van der Waals surface area contributed by atoms with Crippen molar-refractivity contribution in [1.29, 1.82) is 0 Å². The van der Waals surface area contributed by atoms with Gasteiger partial charge < -0.3 is 21.3 Å². The topological polar surface area (TPSA) is 117 Å². The number of pyridine rings is 2. The van der Waals surface area contributed by atoms with E-state index in [4.69, 9.17) is 0 Å². The van der Waals surface area contributed by atoms with E-state index < -0.39 is 5.82 Å². The SMILES string of the molecule is C=CC(=O)Nc1ccnc(-c2c(F)ccc3cnc(Nc4ccc(N[C@@H]5CCNC5)nc4)nc23)c1. The van der Waals surface area contributed by atoms with Crippen molar-refractivity contribution in [3.05, 3.63) is 73.5 Å². The van der Waals surface area contributed by atoms with Gasteiger partial charge in [0.15, 0.2) is 0 Å². The highest BCUT2D eigenvalue weighted by atomic mass is 19.1. The molecule has 1 fully saturated rings. The summed E-state index contributed by atoms with van der Waals surface area (Å²) in [6.07, 6.45) is 7.03. The number of aromatic nitrogens is 4. The number of nitrogens with zero attached hydrogens (tertiary/aromatic N) is 4. The lowest BCUT2D eigenvalue weighted by Crippen LogP contribution is -2.22. The maximum absolute atomic E-state index is 15.0. The van der Waals surface area contributed by atoms with Crippen LogP contribution in [0.5, 0.6) is 0 Å². The molecule has 4 aromatic rings. The van der Waals surface area contributed by atoms with Crippen molar-refractivity contribution >= 4 is 40.0 Å². The van der Waals surface area contributed by atoms with E-state index in [1.165, 1.54) is 12.3 Å². The molecule has 9 nitrogen and oxygen atoms in total. The van der Waals surface area contributed by atoms with E-state index in [-0.39, 0.29) is 11.5 Å². The van der Waals surface area contributed by atoms with E-state index in [1.54, 1.807) is 30.6 Å². The van der Waals surface area contributed by atoms with Gasteiger partial charge in [-0.1, -0.05) is 6.58 Å². The molecule has 3 aromatic heterocycles. The average Bonchev–Trinajstić information content (AvgIpc) is 3.38. The molecule has 176 valence electrons. The molecule has 0 radical (unpaired) electrons. The number of carbonyl (C=O) groups is 1. The van der Waals surface area contributed by atoms with Gasteiger partial charge in [0.1, 0.15) is 11.6 Å². The summed E-state index contributed by atoms with van der Waals surface area (Å²) in [6.45, 7) is 5.36. The van der Waals surface area contributed by atoms with Crippen molar-refractivity contribution in [3.63, 3.8) is 0 Å². The maximum Gasteiger partial charge on any atom is 0.247 e. The van der Waals surface area contributed by atoms with Gasteiger partial charge in [0.05, 0.1) is 28.7 Å². The highest BCUT2D eigenvalue weighted by molar-refractivity contribution is 6.00. The predicted molar refractivity (Wildman–Crippen MR) is 134 cm³/mol. The number of hydrogen-bond acceptors (Lipinski definition) is 8. The number of amides is 1. The highest BCUT2D eigenvalue weighted by Crippen LogP contribution is 2.31. The fraction of sp³-hybridized carbons (Fsp3) is 0.160. The molecule has 1 aliphatic rings. The zero-order chi connectivity index (χ0) is 24.2. The third kappa shape index (κ3) is 5.07. The van der Waals surface area contributed by atoms with Crippen LogP contribution in [0.3, 0.4) is 0 Å². The van der Waals surface area contributed by atoms with E-state index in [1.807, 2.05) is 12.1 Å². The van der Waals surface area contributed by atoms with Crippen LogP contribution in [0.15, 0.2) is 67.6 Å². The van der Waals surface area contributed by atoms with E-state index in [0.29, 0.717) is 40.0 Å². The minimum absolute atomic E-state index is 0.213. The fourth-order valence-corrected chi connectivity index (χ4v) is 3.88. The first kappa shape index (κ1) is 22.4. The Morgan fingerprint density at radius 3 is 2.80 bits per heavy atom. The number of nitrogens with one attached hydrogen (secondary N) is 4. The molecule has 0 aliphatic carbocycles. The molecule has 0 saturated carbocycles. The Bertz CT molecular complexity index is 1390. The first-order valence-electron chi connectivity index (χ1n) is 11.1. The zero-order valence-corrected chi connectivity index (χ0v) is 18.8. The van der Waals surface area contributed by atoms with E-state index in [2.05, 4.69) is 47.8 Å². The smallest absolute Gasteiger partial charge is 0.247 e. The summed E-state index contributed by atoms with van der Waals surface area (Å²) >= 11 is 0. The molecule has 35 heavy (non-hydrogen) atoms. The molecule has 10 heteroatoms. The van der Waals surface area contributed by atoms with Crippen LogP contribution in [0.4, 0.5) is 27.5 Å². The van der Waals surface area contributed by atoms with Crippen LogP contribution in [-0.2, 0) is 4.79 Å². The van der Waals surface area contributed by atoms with Gasteiger partial charge in [0, 0.05) is 36.1 Å². The number of anilines is 4. The molecule has 4 N–H and O–H groups in total. The third-order valence-corrected chi connectivity index (χ3v) is 5.60. The van der Waals surface area contributed by atoms with Gasteiger partial charge in [-0.25, -0.2) is 19.3 Å². The molecule has 0 bridgehead atoms. The largest absolute Gasteiger partial charge is 0.366 e. The van der Waals surface area contributed by atoms with Gasteiger partial charge in [-0.2, -0.15) is 0 Å². The fourth-order valence-electron chi connectivity index (χ4n) is 3.88. The number of halogens is 1. The summed E-state index contributed by atoms with van der Waals surface area (Å²) in [6, 6.07) is 10.3. The number of fused-ring (bicyclic) bond motifs is 1. The molecule has 1 aliphatic heterocycles. The number of carbonyl (C=O) groups excluding carboxylic acids is 1. The van der Waals surface area contributed by atoms with Gasteiger partial charge >= 0.3 is 0 Å². The monoisotopic (exact) mass is 470 g/mol. The van der Waals surface area contributed by atoms with Crippen molar-refractivity contribution in [1.82, 2.24) is 25.3 Å². The third-order valence-electron chi connectivity index (χ3n) is 5.60. The molecular weight excluding hydrogens is 447 g/mol. The van der Waals surface area contributed by atoms with Crippen LogP contribution < -0.4 is 21.3 Å². The Kier molecular flexibility index (Phi) is 6.27. The lowest BCUT2D eigenvalue weighted by atomic mass is 10.1. The zero-order valence-electron chi connectivity index (χ0n) is 18.8. The molecule has 1 amide bonds. The Morgan fingerprint density at radius 1 is 1.11 bits per heavy atom. The summed E-state index contributed by atoms with van der Waals surface area (Å²) in [5.41, 5.74) is 2.10. The summed E-state index contributed by atoms with van der Waals surface area (Å²) < 4.78 is 15.0. The van der Waals surface area contributed by atoms with Crippen molar-refractivity contribution < 1.29 is 9.18 Å². The lowest BCUT2D eigenvalue weighted by Gasteiger charge is -2.13. The number of rotatable bonds is 7. The van der Waals surface area contributed by atoms with E-state index in [9.17, 15) is 9.18 Å².